The molecule has 0 aliphatic carbocycles. The Morgan fingerprint density at radius 3 is 2.53 bits per heavy atom. The molecule has 0 unspecified atom stereocenters. The number of carbonyl (C=O) groups is 1. The number of rotatable bonds is 8. The minimum atomic E-state index is -4.98. The van der Waals surface area contributed by atoms with E-state index in [1.807, 2.05) is 6.92 Å². The van der Waals surface area contributed by atoms with Gasteiger partial charge in [-0.15, -0.1) is 5.10 Å². The highest BCUT2D eigenvalue weighted by Crippen LogP contribution is 2.35. The lowest BCUT2D eigenvalue weighted by Crippen LogP contribution is -2.22. The molecule has 2 aromatic heterocycles. The molecule has 13 heteroatoms. The zero-order valence-electron chi connectivity index (χ0n) is 20.7. The van der Waals surface area contributed by atoms with E-state index in [1.54, 1.807) is 55.8 Å². The van der Waals surface area contributed by atoms with Crippen molar-refractivity contribution in [2.75, 3.05) is 37.8 Å². The molecule has 0 spiro atoms. The standard InChI is InChI=1S/C25H24F4N8O/c1-15-4-5-18(10-22(15)37-13-21(34-35-37)17-11-30-14-31-12-17)33-24(38)16-8-19(25(27,28)29)23(26)20(9-16)32-6-7-36(2)3/h4-5,8-14,32H,6-7H2,1-3H3,(H,33,38). The second kappa shape index (κ2) is 10.9. The van der Waals surface area contributed by atoms with Gasteiger partial charge in [0.2, 0.25) is 0 Å². The summed E-state index contributed by atoms with van der Waals surface area (Å²) < 4.78 is 56.7. The molecule has 1 amide bonds. The molecule has 9 nitrogen and oxygen atoms in total. The number of nitrogens with one attached hydrogen (secondary N) is 2. The van der Waals surface area contributed by atoms with Crippen LogP contribution in [0.25, 0.3) is 16.9 Å². The molecular weight excluding hydrogens is 504 g/mol. The number of hydrogen-bond donors (Lipinski definition) is 2. The number of aromatic nitrogens is 5. The van der Waals surface area contributed by atoms with E-state index in [-0.39, 0.29) is 12.1 Å². The molecular formula is C25H24F4N8O. The largest absolute Gasteiger partial charge is 0.419 e. The predicted molar refractivity (Wildman–Crippen MR) is 134 cm³/mol. The van der Waals surface area contributed by atoms with E-state index in [1.165, 1.54) is 11.0 Å². The normalized spacial score (nSPS) is 11.6. The SMILES string of the molecule is Cc1ccc(NC(=O)c2cc(NCCN(C)C)c(F)c(C(F)(F)F)c2)cc1-n1cc(-c2cncnc2)nn1. The molecule has 198 valence electrons. The second-order valence-corrected chi connectivity index (χ2v) is 8.74. The molecule has 0 bridgehead atoms. The highest BCUT2D eigenvalue weighted by molar-refractivity contribution is 6.05. The van der Waals surface area contributed by atoms with Gasteiger partial charge in [0.1, 0.15) is 12.0 Å². The smallest absolute Gasteiger partial charge is 0.381 e. The maximum atomic E-state index is 14.6. The summed E-state index contributed by atoms with van der Waals surface area (Å²) in [6.07, 6.45) is 1.25. The van der Waals surface area contributed by atoms with Crippen LogP contribution < -0.4 is 10.6 Å². The van der Waals surface area contributed by atoms with Crippen molar-refractivity contribution in [3.63, 3.8) is 0 Å². The Hall–Kier alpha value is -4.39. The fourth-order valence-corrected chi connectivity index (χ4v) is 3.59. The molecule has 0 radical (unpaired) electrons. The van der Waals surface area contributed by atoms with Crippen LogP contribution in [0.5, 0.6) is 0 Å². The Morgan fingerprint density at radius 1 is 1.11 bits per heavy atom. The number of halogens is 4. The van der Waals surface area contributed by atoms with Crippen molar-refractivity contribution in [2.24, 2.45) is 0 Å². The van der Waals surface area contributed by atoms with Crippen molar-refractivity contribution >= 4 is 17.3 Å². The molecule has 0 saturated carbocycles. The average Bonchev–Trinajstić information content (AvgIpc) is 3.36. The van der Waals surface area contributed by atoms with Crippen LogP contribution in [-0.4, -0.2) is 63.0 Å². The summed E-state index contributed by atoms with van der Waals surface area (Å²) in [5.74, 6) is -2.29. The van der Waals surface area contributed by atoms with Crippen molar-refractivity contribution in [2.45, 2.75) is 13.1 Å². The molecule has 0 saturated heterocycles. The zero-order valence-corrected chi connectivity index (χ0v) is 20.7. The molecule has 2 heterocycles. The zero-order chi connectivity index (χ0) is 27.4. The van der Waals surface area contributed by atoms with E-state index in [9.17, 15) is 22.4 Å². The van der Waals surface area contributed by atoms with Gasteiger partial charge in [-0.2, -0.15) is 13.2 Å². The highest BCUT2D eigenvalue weighted by Gasteiger charge is 2.36. The van der Waals surface area contributed by atoms with Crippen LogP contribution in [0.2, 0.25) is 0 Å². The Morgan fingerprint density at radius 2 is 1.84 bits per heavy atom. The van der Waals surface area contributed by atoms with Crippen molar-refractivity contribution < 1.29 is 22.4 Å². The van der Waals surface area contributed by atoms with Crippen molar-refractivity contribution in [3.05, 3.63) is 77.8 Å². The Bertz CT molecular complexity index is 1440. The number of likely N-dealkylation sites (N-methyl/N-ethyl adjacent to an activating group) is 1. The molecule has 0 fully saturated rings. The van der Waals surface area contributed by atoms with Gasteiger partial charge in [0.25, 0.3) is 5.91 Å². The second-order valence-electron chi connectivity index (χ2n) is 8.74. The molecule has 38 heavy (non-hydrogen) atoms. The number of aryl methyl sites for hydroxylation is 1. The molecule has 2 N–H and O–H groups in total. The molecule has 4 aromatic rings. The van der Waals surface area contributed by atoms with E-state index >= 15 is 0 Å². The fraction of sp³-hybridized carbons (Fsp3) is 0.240. The highest BCUT2D eigenvalue weighted by atomic mass is 19.4. The van der Waals surface area contributed by atoms with E-state index in [4.69, 9.17) is 0 Å². The Kier molecular flexibility index (Phi) is 7.67. The van der Waals surface area contributed by atoms with Crippen molar-refractivity contribution in [1.29, 1.82) is 0 Å². The summed E-state index contributed by atoms with van der Waals surface area (Å²) in [5.41, 5.74) is 0.596. The third-order valence-electron chi connectivity index (χ3n) is 5.58. The summed E-state index contributed by atoms with van der Waals surface area (Å²) in [5, 5.41) is 13.5. The number of nitrogens with zero attached hydrogens (tertiary/aromatic N) is 6. The monoisotopic (exact) mass is 528 g/mol. The molecule has 4 rings (SSSR count). The Labute approximate surface area is 215 Å². The van der Waals surface area contributed by atoms with Crippen LogP contribution >= 0.6 is 0 Å². The quantitative estimate of drug-likeness (QED) is 0.327. The number of carbonyl (C=O) groups excluding carboxylic acids is 1. The first kappa shape index (κ1) is 26.7. The van der Waals surface area contributed by atoms with Gasteiger partial charge in [0, 0.05) is 42.3 Å². The summed E-state index contributed by atoms with van der Waals surface area (Å²) in [6, 6.07) is 6.50. The maximum absolute atomic E-state index is 14.6. The first-order valence-electron chi connectivity index (χ1n) is 11.4. The van der Waals surface area contributed by atoms with Gasteiger partial charge in [-0.3, -0.25) is 4.79 Å². The fourth-order valence-electron chi connectivity index (χ4n) is 3.59. The van der Waals surface area contributed by atoms with Crippen LogP contribution in [0.3, 0.4) is 0 Å². The first-order chi connectivity index (χ1) is 18.0. The average molecular weight is 529 g/mol. The lowest BCUT2D eigenvalue weighted by Gasteiger charge is -2.17. The lowest BCUT2D eigenvalue weighted by atomic mass is 10.1. The van der Waals surface area contributed by atoms with E-state index in [2.05, 4.69) is 30.9 Å². The Balaban J connectivity index is 1.61. The first-order valence-corrected chi connectivity index (χ1v) is 11.4. The minimum absolute atomic E-state index is 0.183. The van der Waals surface area contributed by atoms with Gasteiger partial charge in [0.15, 0.2) is 5.82 Å². The topological polar surface area (TPSA) is 101 Å². The van der Waals surface area contributed by atoms with Crippen molar-refractivity contribution in [1.82, 2.24) is 29.9 Å². The van der Waals surface area contributed by atoms with Gasteiger partial charge in [-0.05, 0) is 50.8 Å². The maximum Gasteiger partial charge on any atom is 0.419 e. The van der Waals surface area contributed by atoms with Crippen LogP contribution in [0, 0.1) is 12.7 Å². The summed E-state index contributed by atoms with van der Waals surface area (Å²) in [6.45, 7) is 2.46. The van der Waals surface area contributed by atoms with Crippen molar-refractivity contribution in [3.8, 4) is 16.9 Å². The van der Waals surface area contributed by atoms with E-state index < -0.39 is 29.2 Å². The molecule has 2 aromatic carbocycles. The molecule has 0 aliphatic rings. The van der Waals surface area contributed by atoms with Gasteiger partial charge in [-0.1, -0.05) is 11.3 Å². The molecule has 0 aliphatic heterocycles. The third kappa shape index (κ3) is 6.11. The number of benzene rings is 2. The van der Waals surface area contributed by atoms with Gasteiger partial charge >= 0.3 is 6.18 Å². The van der Waals surface area contributed by atoms with Gasteiger partial charge in [-0.25, -0.2) is 19.0 Å². The van der Waals surface area contributed by atoms with Gasteiger partial charge < -0.3 is 15.5 Å². The van der Waals surface area contributed by atoms with Gasteiger partial charge in [0.05, 0.1) is 23.1 Å². The van der Waals surface area contributed by atoms with Crippen LogP contribution in [0.15, 0.2) is 55.2 Å². The van der Waals surface area contributed by atoms with E-state index in [0.29, 0.717) is 35.2 Å². The number of anilines is 2. The summed E-state index contributed by atoms with van der Waals surface area (Å²) in [4.78, 5) is 22.7. The summed E-state index contributed by atoms with van der Waals surface area (Å²) >= 11 is 0. The van der Waals surface area contributed by atoms with E-state index in [0.717, 1.165) is 11.6 Å². The number of alkyl halides is 3. The number of hydrogen-bond acceptors (Lipinski definition) is 7. The number of amides is 1. The minimum Gasteiger partial charge on any atom is -0.381 e. The summed E-state index contributed by atoms with van der Waals surface area (Å²) in [7, 11) is 3.55. The predicted octanol–water partition coefficient (Wildman–Crippen LogP) is 4.42. The van der Waals surface area contributed by atoms with Crippen LogP contribution in [-0.2, 0) is 6.18 Å². The third-order valence-corrected chi connectivity index (χ3v) is 5.58. The lowest BCUT2D eigenvalue weighted by molar-refractivity contribution is -0.139. The van der Waals surface area contributed by atoms with Crippen LogP contribution in [0.1, 0.15) is 21.5 Å². The molecule has 0 atom stereocenters. The van der Waals surface area contributed by atoms with Crippen LogP contribution in [0.4, 0.5) is 28.9 Å².